The van der Waals surface area contributed by atoms with Gasteiger partial charge in [0.1, 0.15) is 4.83 Å². The minimum Gasteiger partial charge on any atom is -0.294 e. The van der Waals surface area contributed by atoms with E-state index in [9.17, 15) is 18.0 Å². The topological polar surface area (TPSA) is 34.9 Å². The van der Waals surface area contributed by atoms with Crippen molar-refractivity contribution in [1.29, 1.82) is 0 Å². The maximum Gasteiger partial charge on any atom is 0.416 e. The Kier molecular flexibility index (Phi) is 4.55. The van der Waals surface area contributed by atoms with Crippen molar-refractivity contribution in [3.05, 3.63) is 87.3 Å². The van der Waals surface area contributed by atoms with Crippen molar-refractivity contribution in [2.45, 2.75) is 19.6 Å². The van der Waals surface area contributed by atoms with Crippen LogP contribution in [0.2, 0.25) is 0 Å². The normalized spacial score (nSPS) is 11.9. The molecule has 0 aliphatic carbocycles. The average Bonchev–Trinajstić information content (AvgIpc) is 3.09. The minimum atomic E-state index is -4.48. The van der Waals surface area contributed by atoms with E-state index in [0.29, 0.717) is 10.2 Å². The number of aromatic nitrogens is 2. The van der Waals surface area contributed by atoms with Gasteiger partial charge in [-0.25, -0.2) is 4.98 Å². The monoisotopic (exact) mass is 400 g/mol. The van der Waals surface area contributed by atoms with Crippen molar-refractivity contribution in [3.63, 3.8) is 0 Å². The first-order chi connectivity index (χ1) is 13.3. The number of benzene rings is 2. The highest BCUT2D eigenvalue weighted by atomic mass is 32.1. The molecule has 3 nitrogen and oxygen atoms in total. The highest BCUT2D eigenvalue weighted by Crippen LogP contribution is 2.33. The highest BCUT2D eigenvalue weighted by molar-refractivity contribution is 7.17. The fourth-order valence-electron chi connectivity index (χ4n) is 3.14. The first-order valence-electron chi connectivity index (χ1n) is 8.53. The molecule has 0 amide bonds. The summed E-state index contributed by atoms with van der Waals surface area (Å²) in [6.07, 6.45) is -3.17. The van der Waals surface area contributed by atoms with Gasteiger partial charge in [-0.2, -0.15) is 13.2 Å². The largest absolute Gasteiger partial charge is 0.416 e. The molecule has 2 heterocycles. The Labute approximate surface area is 162 Å². The average molecular weight is 400 g/mol. The van der Waals surface area contributed by atoms with E-state index in [4.69, 9.17) is 0 Å². The second kappa shape index (κ2) is 6.91. The molecule has 0 N–H and O–H groups in total. The predicted octanol–water partition coefficient (Wildman–Crippen LogP) is 5.50. The van der Waals surface area contributed by atoms with Gasteiger partial charge in [0, 0.05) is 10.9 Å². The van der Waals surface area contributed by atoms with Crippen LogP contribution >= 0.6 is 11.3 Å². The van der Waals surface area contributed by atoms with Gasteiger partial charge < -0.3 is 0 Å². The number of fused-ring (bicyclic) bond motifs is 1. The van der Waals surface area contributed by atoms with Crippen LogP contribution in [0.15, 0.2) is 65.0 Å². The Balaban J connectivity index is 1.83. The molecule has 7 heteroatoms. The summed E-state index contributed by atoms with van der Waals surface area (Å²) < 4.78 is 41.0. The van der Waals surface area contributed by atoms with Crippen LogP contribution in [-0.4, -0.2) is 9.55 Å². The van der Waals surface area contributed by atoms with E-state index >= 15 is 0 Å². The summed E-state index contributed by atoms with van der Waals surface area (Å²) in [6.45, 7) is 1.78. The van der Waals surface area contributed by atoms with Crippen LogP contribution in [0.25, 0.3) is 21.3 Å². The molecule has 0 radical (unpaired) electrons. The smallest absolute Gasteiger partial charge is 0.294 e. The zero-order chi connectivity index (χ0) is 19.9. The van der Waals surface area contributed by atoms with Crippen LogP contribution in [-0.2, 0) is 12.7 Å². The Hall–Kier alpha value is -2.93. The Bertz CT molecular complexity index is 1210. The molecule has 0 saturated carbocycles. The molecule has 142 valence electrons. The molecule has 0 atom stereocenters. The summed E-state index contributed by atoms with van der Waals surface area (Å²) in [5.41, 5.74) is 1.66. The standard InChI is InChI=1S/C21H15F3N2OS/c1-13-6-8-14(9-7-13)16-11-28-19-18(16)20(27)26(12-25-19)10-15-4-2-3-5-17(15)21(22,23)24/h2-9,11-12H,10H2,1H3. The van der Waals surface area contributed by atoms with Crippen LogP contribution in [0.1, 0.15) is 16.7 Å². The number of hydrogen-bond acceptors (Lipinski definition) is 3. The molecule has 0 aliphatic rings. The Morgan fingerprint density at radius 3 is 2.50 bits per heavy atom. The maximum atomic E-state index is 13.3. The molecule has 28 heavy (non-hydrogen) atoms. The van der Waals surface area contributed by atoms with Gasteiger partial charge in [0.05, 0.1) is 23.8 Å². The third-order valence-corrected chi connectivity index (χ3v) is 5.47. The molecule has 0 fully saturated rings. The quantitative estimate of drug-likeness (QED) is 0.455. The lowest BCUT2D eigenvalue weighted by Crippen LogP contribution is -2.22. The van der Waals surface area contributed by atoms with E-state index in [0.717, 1.165) is 22.8 Å². The zero-order valence-corrected chi connectivity index (χ0v) is 15.6. The number of thiophene rings is 1. The molecular formula is C21H15F3N2OS. The second-order valence-electron chi connectivity index (χ2n) is 6.53. The van der Waals surface area contributed by atoms with Gasteiger partial charge in [-0.05, 0) is 24.1 Å². The molecule has 0 aliphatic heterocycles. The zero-order valence-electron chi connectivity index (χ0n) is 14.8. The van der Waals surface area contributed by atoms with Gasteiger partial charge in [0.25, 0.3) is 5.56 Å². The molecular weight excluding hydrogens is 385 g/mol. The van der Waals surface area contributed by atoms with Crippen LogP contribution in [0.4, 0.5) is 13.2 Å². The summed E-state index contributed by atoms with van der Waals surface area (Å²) in [4.78, 5) is 17.9. The van der Waals surface area contributed by atoms with Crippen LogP contribution in [0.5, 0.6) is 0 Å². The van der Waals surface area contributed by atoms with Crippen LogP contribution in [0, 0.1) is 6.92 Å². The first-order valence-corrected chi connectivity index (χ1v) is 9.41. The number of halogens is 3. The fourth-order valence-corrected chi connectivity index (χ4v) is 4.05. The van der Waals surface area contributed by atoms with Crippen molar-refractivity contribution in [3.8, 4) is 11.1 Å². The second-order valence-corrected chi connectivity index (χ2v) is 7.39. The van der Waals surface area contributed by atoms with E-state index in [1.54, 1.807) is 0 Å². The van der Waals surface area contributed by atoms with E-state index in [1.807, 2.05) is 36.6 Å². The number of hydrogen-bond donors (Lipinski definition) is 0. The number of alkyl halides is 3. The SMILES string of the molecule is Cc1ccc(-c2csc3ncn(Cc4ccccc4C(F)(F)F)c(=O)c23)cc1. The summed E-state index contributed by atoms with van der Waals surface area (Å²) >= 11 is 1.35. The Morgan fingerprint density at radius 2 is 1.79 bits per heavy atom. The van der Waals surface area contributed by atoms with Crippen molar-refractivity contribution >= 4 is 21.6 Å². The van der Waals surface area contributed by atoms with Crippen molar-refractivity contribution in [2.24, 2.45) is 0 Å². The lowest BCUT2D eigenvalue weighted by molar-refractivity contribution is -0.138. The molecule has 4 aromatic rings. The maximum absolute atomic E-state index is 13.3. The summed E-state index contributed by atoms with van der Waals surface area (Å²) in [5.74, 6) is 0. The van der Waals surface area contributed by atoms with E-state index in [1.165, 1.54) is 40.4 Å². The Morgan fingerprint density at radius 1 is 1.07 bits per heavy atom. The number of aryl methyl sites for hydroxylation is 1. The fraction of sp³-hybridized carbons (Fsp3) is 0.143. The third-order valence-electron chi connectivity index (χ3n) is 4.59. The van der Waals surface area contributed by atoms with Gasteiger partial charge >= 0.3 is 6.18 Å². The van der Waals surface area contributed by atoms with E-state index in [-0.39, 0.29) is 17.7 Å². The van der Waals surface area contributed by atoms with Gasteiger partial charge in [-0.1, -0.05) is 48.0 Å². The molecule has 0 unspecified atom stereocenters. The molecule has 0 bridgehead atoms. The summed E-state index contributed by atoms with van der Waals surface area (Å²) in [6, 6.07) is 13.0. The van der Waals surface area contributed by atoms with E-state index in [2.05, 4.69) is 4.98 Å². The van der Waals surface area contributed by atoms with E-state index < -0.39 is 11.7 Å². The number of nitrogens with zero attached hydrogens (tertiary/aromatic N) is 2. The number of rotatable bonds is 3. The lowest BCUT2D eigenvalue weighted by Gasteiger charge is -2.13. The molecule has 0 saturated heterocycles. The molecule has 4 rings (SSSR count). The van der Waals surface area contributed by atoms with Crippen molar-refractivity contribution in [1.82, 2.24) is 9.55 Å². The summed E-state index contributed by atoms with van der Waals surface area (Å²) in [7, 11) is 0. The first kappa shape index (κ1) is 18.4. The van der Waals surface area contributed by atoms with Crippen LogP contribution < -0.4 is 5.56 Å². The van der Waals surface area contributed by atoms with Crippen LogP contribution in [0.3, 0.4) is 0 Å². The van der Waals surface area contributed by atoms with Gasteiger partial charge in [-0.15, -0.1) is 11.3 Å². The lowest BCUT2D eigenvalue weighted by atomic mass is 10.0. The van der Waals surface area contributed by atoms with Gasteiger partial charge in [0.2, 0.25) is 0 Å². The minimum absolute atomic E-state index is 0.0327. The molecule has 0 spiro atoms. The predicted molar refractivity (Wildman–Crippen MR) is 105 cm³/mol. The van der Waals surface area contributed by atoms with Crippen molar-refractivity contribution in [2.75, 3.05) is 0 Å². The highest BCUT2D eigenvalue weighted by Gasteiger charge is 2.33. The third kappa shape index (κ3) is 3.33. The van der Waals surface area contributed by atoms with Crippen molar-refractivity contribution < 1.29 is 13.2 Å². The van der Waals surface area contributed by atoms with Gasteiger partial charge in [0.15, 0.2) is 0 Å². The van der Waals surface area contributed by atoms with Gasteiger partial charge in [-0.3, -0.25) is 9.36 Å². The summed E-state index contributed by atoms with van der Waals surface area (Å²) in [5, 5.41) is 2.29. The molecule has 2 aromatic heterocycles. The molecule has 2 aromatic carbocycles.